The Morgan fingerprint density at radius 2 is 2.10 bits per heavy atom. The summed E-state index contributed by atoms with van der Waals surface area (Å²) in [4.78, 5) is 0. The zero-order valence-electron chi connectivity index (χ0n) is 7.01. The number of aliphatic hydroxyl groups is 1. The van der Waals surface area contributed by atoms with Crippen LogP contribution < -0.4 is 0 Å². The Morgan fingerprint density at radius 1 is 1.50 bits per heavy atom. The first-order chi connectivity index (χ1) is 4.75. The van der Waals surface area contributed by atoms with E-state index >= 15 is 0 Å². The van der Waals surface area contributed by atoms with E-state index in [4.69, 9.17) is 0 Å². The third-order valence-electron chi connectivity index (χ3n) is 2.43. The molecule has 1 heteroatoms. The van der Waals surface area contributed by atoms with Crippen LogP contribution in [0.15, 0.2) is 0 Å². The lowest BCUT2D eigenvalue weighted by atomic mass is 9.96. The van der Waals surface area contributed by atoms with Gasteiger partial charge in [0, 0.05) is 0 Å². The van der Waals surface area contributed by atoms with E-state index < -0.39 is 0 Å². The molecular weight excluding hydrogens is 124 g/mol. The molecule has 0 radical (unpaired) electrons. The first-order valence-electron chi connectivity index (χ1n) is 4.43. The monoisotopic (exact) mass is 142 g/mol. The van der Waals surface area contributed by atoms with E-state index in [1.165, 1.54) is 25.7 Å². The van der Waals surface area contributed by atoms with Crippen LogP contribution in [0.3, 0.4) is 0 Å². The minimum Gasteiger partial charge on any atom is -0.393 e. The van der Waals surface area contributed by atoms with Gasteiger partial charge >= 0.3 is 0 Å². The van der Waals surface area contributed by atoms with Crippen LogP contribution in [0.5, 0.6) is 0 Å². The molecule has 0 spiro atoms. The van der Waals surface area contributed by atoms with Gasteiger partial charge in [0.15, 0.2) is 0 Å². The van der Waals surface area contributed by atoms with Crippen LogP contribution in [-0.2, 0) is 0 Å². The molecule has 1 saturated carbocycles. The van der Waals surface area contributed by atoms with Crippen molar-refractivity contribution in [1.29, 1.82) is 0 Å². The zero-order valence-corrected chi connectivity index (χ0v) is 7.01. The van der Waals surface area contributed by atoms with E-state index in [2.05, 4.69) is 13.8 Å². The van der Waals surface area contributed by atoms with Crippen LogP contribution in [-0.4, -0.2) is 11.2 Å². The molecule has 0 aromatic rings. The predicted molar refractivity (Wildman–Crippen MR) is 42.8 cm³/mol. The Labute approximate surface area is 63.4 Å². The minimum absolute atomic E-state index is 0.0000463. The van der Waals surface area contributed by atoms with E-state index in [1.807, 2.05) is 0 Å². The molecule has 0 amide bonds. The molecule has 1 nitrogen and oxygen atoms in total. The molecule has 10 heavy (non-hydrogen) atoms. The lowest BCUT2D eigenvalue weighted by Gasteiger charge is -2.16. The fourth-order valence-electron chi connectivity index (χ4n) is 1.53. The average molecular weight is 142 g/mol. The van der Waals surface area contributed by atoms with Crippen molar-refractivity contribution in [3.8, 4) is 0 Å². The second kappa shape index (κ2) is 3.38. The highest BCUT2D eigenvalue weighted by atomic mass is 16.3. The lowest BCUT2D eigenvalue weighted by Crippen LogP contribution is -2.19. The first-order valence-corrected chi connectivity index (χ1v) is 4.43. The summed E-state index contributed by atoms with van der Waals surface area (Å²) in [6, 6.07) is 0. The summed E-state index contributed by atoms with van der Waals surface area (Å²) in [6.45, 7) is 4.34. The molecule has 1 rings (SSSR count). The van der Waals surface area contributed by atoms with Crippen molar-refractivity contribution in [3.63, 3.8) is 0 Å². The smallest absolute Gasteiger partial charge is 0.0593 e. The number of aliphatic hydroxyl groups excluding tert-OH is 1. The van der Waals surface area contributed by atoms with E-state index in [9.17, 15) is 5.11 Å². The lowest BCUT2D eigenvalue weighted by molar-refractivity contribution is 0.0902. The molecule has 1 aliphatic rings. The van der Waals surface area contributed by atoms with Crippen LogP contribution in [0, 0.1) is 11.8 Å². The molecule has 0 heterocycles. The Morgan fingerprint density at radius 3 is 2.50 bits per heavy atom. The molecule has 1 N–H and O–H groups in total. The van der Waals surface area contributed by atoms with Crippen LogP contribution in [0.1, 0.15) is 39.5 Å². The number of hydrogen-bond acceptors (Lipinski definition) is 1. The molecule has 1 fully saturated rings. The summed E-state index contributed by atoms with van der Waals surface area (Å²) >= 11 is 0. The molecule has 0 aliphatic heterocycles. The van der Waals surface area contributed by atoms with Gasteiger partial charge in [-0.25, -0.2) is 0 Å². The van der Waals surface area contributed by atoms with E-state index in [0.717, 1.165) is 0 Å². The maximum Gasteiger partial charge on any atom is 0.0593 e. The molecule has 0 bridgehead atoms. The summed E-state index contributed by atoms with van der Waals surface area (Å²) in [7, 11) is 0. The first kappa shape index (κ1) is 8.06. The Hall–Kier alpha value is -0.0400. The topological polar surface area (TPSA) is 20.2 Å². The van der Waals surface area contributed by atoms with E-state index in [0.29, 0.717) is 11.8 Å². The SMILES string of the molecule is CCCC(C)C(O)C1CC1. The molecule has 2 unspecified atom stereocenters. The van der Waals surface area contributed by atoms with Gasteiger partial charge in [-0.2, -0.15) is 0 Å². The highest BCUT2D eigenvalue weighted by Gasteiger charge is 2.32. The van der Waals surface area contributed by atoms with Gasteiger partial charge in [0.2, 0.25) is 0 Å². The molecule has 2 atom stereocenters. The van der Waals surface area contributed by atoms with Gasteiger partial charge < -0.3 is 5.11 Å². The van der Waals surface area contributed by atoms with Crippen LogP contribution in [0.25, 0.3) is 0 Å². The summed E-state index contributed by atoms with van der Waals surface area (Å²) in [5, 5.41) is 9.59. The highest BCUT2D eigenvalue weighted by molar-refractivity contribution is 4.83. The van der Waals surface area contributed by atoms with Crippen LogP contribution >= 0.6 is 0 Å². The molecule has 0 aromatic heterocycles. The van der Waals surface area contributed by atoms with Crippen molar-refractivity contribution in [2.45, 2.75) is 45.6 Å². The third-order valence-corrected chi connectivity index (χ3v) is 2.43. The molecule has 60 valence electrons. The third kappa shape index (κ3) is 1.98. The Kier molecular flexibility index (Phi) is 2.72. The quantitative estimate of drug-likeness (QED) is 0.638. The largest absolute Gasteiger partial charge is 0.393 e. The maximum atomic E-state index is 9.59. The standard InChI is InChI=1S/C9H18O/c1-3-4-7(2)9(10)8-5-6-8/h7-10H,3-6H2,1-2H3. The van der Waals surface area contributed by atoms with Crippen molar-refractivity contribution in [3.05, 3.63) is 0 Å². The molecular formula is C9H18O. The molecule has 1 aliphatic carbocycles. The maximum absolute atomic E-state index is 9.59. The summed E-state index contributed by atoms with van der Waals surface area (Å²) in [5.74, 6) is 1.18. The van der Waals surface area contributed by atoms with Gasteiger partial charge in [0.1, 0.15) is 0 Å². The van der Waals surface area contributed by atoms with E-state index in [1.54, 1.807) is 0 Å². The van der Waals surface area contributed by atoms with Crippen molar-refractivity contribution in [1.82, 2.24) is 0 Å². The second-order valence-electron chi connectivity index (χ2n) is 3.59. The molecule has 0 saturated heterocycles. The Balaban J connectivity index is 2.17. The summed E-state index contributed by atoms with van der Waals surface area (Å²) in [5.41, 5.74) is 0. The zero-order chi connectivity index (χ0) is 7.56. The second-order valence-corrected chi connectivity index (χ2v) is 3.59. The highest BCUT2D eigenvalue weighted by Crippen LogP contribution is 2.36. The molecule has 0 aromatic carbocycles. The van der Waals surface area contributed by atoms with Gasteiger partial charge in [0.25, 0.3) is 0 Å². The van der Waals surface area contributed by atoms with Crippen molar-refractivity contribution in [2.24, 2.45) is 11.8 Å². The van der Waals surface area contributed by atoms with Crippen LogP contribution in [0.2, 0.25) is 0 Å². The van der Waals surface area contributed by atoms with E-state index in [-0.39, 0.29) is 6.10 Å². The average Bonchev–Trinajstić information content (AvgIpc) is 2.68. The Bertz CT molecular complexity index is 96.9. The van der Waals surface area contributed by atoms with Gasteiger partial charge in [-0.3, -0.25) is 0 Å². The summed E-state index contributed by atoms with van der Waals surface area (Å²) < 4.78 is 0. The van der Waals surface area contributed by atoms with Crippen molar-refractivity contribution in [2.75, 3.05) is 0 Å². The van der Waals surface area contributed by atoms with Gasteiger partial charge in [-0.05, 0) is 31.1 Å². The normalized spacial score (nSPS) is 24.3. The minimum atomic E-state index is -0.0000463. The fourth-order valence-corrected chi connectivity index (χ4v) is 1.53. The van der Waals surface area contributed by atoms with Gasteiger partial charge in [0.05, 0.1) is 6.10 Å². The number of hydrogen-bond donors (Lipinski definition) is 1. The summed E-state index contributed by atoms with van der Waals surface area (Å²) in [6.07, 6.45) is 4.90. The van der Waals surface area contributed by atoms with Gasteiger partial charge in [-0.15, -0.1) is 0 Å². The number of rotatable bonds is 4. The van der Waals surface area contributed by atoms with Crippen molar-refractivity contribution < 1.29 is 5.11 Å². The van der Waals surface area contributed by atoms with Crippen molar-refractivity contribution >= 4 is 0 Å². The predicted octanol–water partition coefficient (Wildman–Crippen LogP) is 2.19. The van der Waals surface area contributed by atoms with Gasteiger partial charge in [-0.1, -0.05) is 20.3 Å². The fraction of sp³-hybridized carbons (Fsp3) is 1.00. The van der Waals surface area contributed by atoms with Crippen LogP contribution in [0.4, 0.5) is 0 Å².